The maximum atomic E-state index is 13.1. The third-order valence-electron chi connectivity index (χ3n) is 3.28. The molecule has 0 N–H and O–H groups in total. The Morgan fingerprint density at radius 2 is 1.38 bits per heavy atom. The predicted octanol–water partition coefficient (Wildman–Crippen LogP) is 5.18. The minimum Gasteiger partial charge on any atom is -0.465 e. The summed E-state index contributed by atoms with van der Waals surface area (Å²) in [6, 6.07) is 6.53. The normalized spacial score (nSPS) is 12.1. The van der Waals surface area contributed by atoms with Crippen LogP contribution in [0, 0.1) is 0 Å². The Morgan fingerprint density at radius 1 is 0.833 bits per heavy atom. The van der Waals surface area contributed by atoms with E-state index in [1.807, 2.05) is 0 Å². The van der Waals surface area contributed by atoms with E-state index in [1.54, 1.807) is 0 Å². The van der Waals surface area contributed by atoms with Crippen LogP contribution in [0.25, 0.3) is 11.1 Å². The fourth-order valence-electron chi connectivity index (χ4n) is 2.10. The van der Waals surface area contributed by atoms with Crippen molar-refractivity contribution in [2.75, 3.05) is 7.11 Å². The Balaban J connectivity index is 2.51. The van der Waals surface area contributed by atoms with Gasteiger partial charge in [-0.2, -0.15) is 26.3 Å². The highest BCUT2D eigenvalue weighted by Crippen LogP contribution is 2.36. The minimum absolute atomic E-state index is 0.0312. The van der Waals surface area contributed by atoms with Crippen LogP contribution in [0.4, 0.5) is 26.3 Å². The molecule has 0 aliphatic heterocycles. The van der Waals surface area contributed by atoms with Gasteiger partial charge in [-0.05, 0) is 35.4 Å². The van der Waals surface area contributed by atoms with Crippen LogP contribution >= 0.6 is 0 Å². The molecule has 0 unspecified atom stereocenters. The number of alkyl halides is 6. The molecule has 2 aromatic rings. The molecule has 0 aliphatic carbocycles. The van der Waals surface area contributed by atoms with Gasteiger partial charge < -0.3 is 4.74 Å². The average molecular weight is 348 g/mol. The first-order valence-electron chi connectivity index (χ1n) is 6.51. The number of halogens is 6. The second kappa shape index (κ2) is 6.18. The van der Waals surface area contributed by atoms with E-state index < -0.39 is 35.0 Å². The quantitative estimate of drug-likeness (QED) is 0.552. The minimum atomic E-state index is -4.81. The maximum Gasteiger partial charge on any atom is 0.417 e. The van der Waals surface area contributed by atoms with Crippen LogP contribution in [0.5, 0.6) is 0 Å². The van der Waals surface area contributed by atoms with Crippen LogP contribution in [0.3, 0.4) is 0 Å². The summed E-state index contributed by atoms with van der Waals surface area (Å²) >= 11 is 0. The summed E-state index contributed by atoms with van der Waals surface area (Å²) < 4.78 is 81.2. The zero-order valence-corrected chi connectivity index (χ0v) is 12.1. The topological polar surface area (TPSA) is 26.3 Å². The molecule has 0 heterocycles. The van der Waals surface area contributed by atoms with Gasteiger partial charge in [0.05, 0.1) is 23.8 Å². The molecule has 0 saturated carbocycles. The Morgan fingerprint density at radius 3 is 1.83 bits per heavy atom. The van der Waals surface area contributed by atoms with Crippen LogP contribution in [0.2, 0.25) is 0 Å². The number of hydrogen-bond acceptors (Lipinski definition) is 2. The summed E-state index contributed by atoms with van der Waals surface area (Å²) in [4.78, 5) is 11.4. The lowest BCUT2D eigenvalue weighted by Gasteiger charge is -2.14. The number of carbonyl (C=O) groups excluding carboxylic acids is 1. The third-order valence-corrected chi connectivity index (χ3v) is 3.28. The molecular weight excluding hydrogens is 338 g/mol. The van der Waals surface area contributed by atoms with Crippen LogP contribution in [-0.2, 0) is 17.1 Å². The van der Waals surface area contributed by atoms with Gasteiger partial charge in [-0.15, -0.1) is 0 Å². The lowest BCUT2D eigenvalue weighted by Crippen LogP contribution is -2.14. The van der Waals surface area contributed by atoms with E-state index in [2.05, 4.69) is 4.74 Å². The van der Waals surface area contributed by atoms with Crippen LogP contribution in [0.1, 0.15) is 21.5 Å². The van der Waals surface area contributed by atoms with Gasteiger partial charge in [-0.25, -0.2) is 4.79 Å². The van der Waals surface area contributed by atoms with Crippen molar-refractivity contribution in [3.05, 3.63) is 59.2 Å². The Bertz CT molecular complexity index is 745. The van der Waals surface area contributed by atoms with Crippen molar-refractivity contribution >= 4 is 5.97 Å². The molecular formula is C16H10F6O2. The zero-order chi connectivity index (χ0) is 18.1. The summed E-state index contributed by atoms with van der Waals surface area (Å²) in [5.74, 6) is -1.15. The van der Waals surface area contributed by atoms with E-state index in [4.69, 9.17) is 0 Å². The number of methoxy groups -OCH3 is 1. The molecule has 0 atom stereocenters. The fraction of sp³-hybridized carbons (Fsp3) is 0.188. The maximum absolute atomic E-state index is 13.1. The molecule has 0 spiro atoms. The van der Waals surface area contributed by atoms with Crippen molar-refractivity contribution in [3.63, 3.8) is 0 Å². The molecule has 2 rings (SSSR count). The van der Waals surface area contributed by atoms with Gasteiger partial charge in [-0.3, -0.25) is 0 Å². The molecule has 2 nitrogen and oxygen atoms in total. The number of hydrogen-bond donors (Lipinski definition) is 0. The summed E-state index contributed by atoms with van der Waals surface area (Å²) in [6.07, 6.45) is -9.35. The van der Waals surface area contributed by atoms with Gasteiger partial charge in [0.2, 0.25) is 0 Å². The molecule has 0 saturated heterocycles. The van der Waals surface area contributed by atoms with Crippen molar-refractivity contribution in [3.8, 4) is 11.1 Å². The van der Waals surface area contributed by atoms with Gasteiger partial charge in [0.15, 0.2) is 0 Å². The van der Waals surface area contributed by atoms with Gasteiger partial charge in [0.1, 0.15) is 0 Å². The molecule has 24 heavy (non-hydrogen) atoms. The summed E-state index contributed by atoms with van der Waals surface area (Å²) in [7, 11) is 0.951. The van der Waals surface area contributed by atoms with E-state index in [1.165, 1.54) is 6.07 Å². The second-order valence-electron chi connectivity index (χ2n) is 4.82. The van der Waals surface area contributed by atoms with E-state index in [0.717, 1.165) is 37.4 Å². The predicted molar refractivity (Wildman–Crippen MR) is 73.2 cm³/mol. The van der Waals surface area contributed by atoms with Gasteiger partial charge in [0, 0.05) is 0 Å². The first-order valence-corrected chi connectivity index (χ1v) is 6.51. The molecule has 0 aliphatic rings. The highest BCUT2D eigenvalue weighted by atomic mass is 19.4. The van der Waals surface area contributed by atoms with Gasteiger partial charge in [0.25, 0.3) is 0 Å². The summed E-state index contributed by atoms with van der Waals surface area (Å²) in [5.41, 5.74) is -2.60. The molecule has 8 heteroatoms. The van der Waals surface area contributed by atoms with Crippen molar-refractivity contribution in [2.24, 2.45) is 0 Å². The molecule has 0 amide bonds. The molecule has 0 aromatic heterocycles. The molecule has 128 valence electrons. The Hall–Kier alpha value is -2.51. The van der Waals surface area contributed by atoms with Crippen molar-refractivity contribution in [2.45, 2.75) is 12.4 Å². The summed E-state index contributed by atoms with van der Waals surface area (Å²) in [6.45, 7) is 0. The standard InChI is InChI=1S/C16H10F6O2/c1-24-14(23)12-7-4-10(8-13(12)16(20,21)22)9-2-5-11(6-3-9)15(17,18)19/h2-8H,1H3. The zero-order valence-electron chi connectivity index (χ0n) is 12.1. The van der Waals surface area contributed by atoms with Crippen molar-refractivity contribution in [1.82, 2.24) is 0 Å². The van der Waals surface area contributed by atoms with Gasteiger partial charge in [-0.1, -0.05) is 18.2 Å². The fourth-order valence-corrected chi connectivity index (χ4v) is 2.10. The Kier molecular flexibility index (Phi) is 4.59. The number of rotatable bonds is 2. The van der Waals surface area contributed by atoms with Gasteiger partial charge >= 0.3 is 18.3 Å². The third kappa shape index (κ3) is 3.69. The highest BCUT2D eigenvalue weighted by molar-refractivity contribution is 5.92. The second-order valence-corrected chi connectivity index (χ2v) is 4.82. The van der Waals surface area contributed by atoms with Crippen LogP contribution in [-0.4, -0.2) is 13.1 Å². The molecule has 0 bridgehead atoms. The largest absolute Gasteiger partial charge is 0.465 e. The number of benzene rings is 2. The van der Waals surface area contributed by atoms with E-state index in [-0.39, 0.29) is 11.1 Å². The summed E-state index contributed by atoms with van der Waals surface area (Å²) in [5, 5.41) is 0. The van der Waals surface area contributed by atoms with Crippen LogP contribution < -0.4 is 0 Å². The molecule has 0 fully saturated rings. The van der Waals surface area contributed by atoms with Crippen molar-refractivity contribution < 1.29 is 35.9 Å². The van der Waals surface area contributed by atoms with Crippen LogP contribution in [0.15, 0.2) is 42.5 Å². The SMILES string of the molecule is COC(=O)c1ccc(-c2ccc(C(F)(F)F)cc2)cc1C(F)(F)F. The Labute approximate surface area is 132 Å². The smallest absolute Gasteiger partial charge is 0.417 e. The number of esters is 1. The monoisotopic (exact) mass is 348 g/mol. The van der Waals surface area contributed by atoms with Crippen molar-refractivity contribution in [1.29, 1.82) is 0 Å². The lowest BCUT2D eigenvalue weighted by atomic mass is 9.98. The number of ether oxygens (including phenoxy) is 1. The highest BCUT2D eigenvalue weighted by Gasteiger charge is 2.36. The van der Waals surface area contributed by atoms with E-state index in [9.17, 15) is 31.1 Å². The van der Waals surface area contributed by atoms with E-state index in [0.29, 0.717) is 6.07 Å². The molecule has 0 radical (unpaired) electrons. The first kappa shape index (κ1) is 17.8. The van der Waals surface area contributed by atoms with E-state index >= 15 is 0 Å². The first-order chi connectivity index (χ1) is 11.0. The number of carbonyl (C=O) groups is 1. The molecule has 2 aromatic carbocycles. The lowest BCUT2D eigenvalue weighted by molar-refractivity contribution is -0.138. The average Bonchev–Trinajstić information content (AvgIpc) is 2.52.